The van der Waals surface area contributed by atoms with E-state index in [9.17, 15) is 19.0 Å². The van der Waals surface area contributed by atoms with E-state index in [1.165, 1.54) is 199 Å². The number of carbonyl (C=O) groups excluding carboxylic acids is 2. The number of esters is 1. The van der Waals surface area contributed by atoms with Gasteiger partial charge in [0.2, 0.25) is 5.91 Å². The van der Waals surface area contributed by atoms with Crippen LogP contribution in [0.4, 0.5) is 0 Å². The number of hydrogen-bond donors (Lipinski definition) is 1. The van der Waals surface area contributed by atoms with Crippen LogP contribution in [0.2, 0.25) is 0 Å². The number of quaternary nitrogens is 1. The van der Waals surface area contributed by atoms with Gasteiger partial charge >= 0.3 is 5.97 Å². The molecule has 0 heterocycles. The van der Waals surface area contributed by atoms with E-state index in [-0.39, 0.29) is 31.3 Å². The zero-order chi connectivity index (χ0) is 60.0. The standard InChI is InChI=1S/C72H131N2O7P/c1-7-10-13-16-19-22-25-28-30-32-33-34-35-36-37-38-39-40-41-42-44-47-50-53-56-59-62-65-72(76)81-70(63-60-57-54-51-48-45-27-24-21-18-15-12-9-3)69(68-80-82(77,78)79-67-66-74(4,5)6)73-71(75)64-61-58-55-52-49-46-43-31-29-26-23-20-17-14-11-8-2/h11,14,20,23,28-31,46,49,55,58,60,63,69-70H,7-10,12-13,15-19,21-22,24-27,32-45,47-48,50-54,56-57,59,61-62,64-68H2,1-6H3,(H-,73,75,77,78)/b14-11+,23-20+,30-28+,31-29+,49-46+,58-55+,63-60-. The lowest BCUT2D eigenvalue weighted by molar-refractivity contribution is -0.870. The Hall–Kier alpha value is -2.81. The molecular formula is C72H131N2O7P. The first-order valence-corrected chi connectivity index (χ1v) is 35.9. The lowest BCUT2D eigenvalue weighted by Gasteiger charge is -2.30. The van der Waals surface area contributed by atoms with Crippen molar-refractivity contribution in [1.29, 1.82) is 0 Å². The van der Waals surface area contributed by atoms with E-state index in [2.05, 4.69) is 86.8 Å². The number of ether oxygens (including phenoxy) is 1. The average molecular weight is 1170 g/mol. The molecule has 10 heteroatoms. The molecule has 476 valence electrons. The Balaban J connectivity index is 5.11. The average Bonchev–Trinajstić information content (AvgIpc) is 3.45. The molecule has 3 atom stereocenters. The molecule has 0 saturated heterocycles. The predicted octanol–water partition coefficient (Wildman–Crippen LogP) is 21.1. The number of nitrogens with one attached hydrogen (secondary N) is 1. The molecule has 0 aromatic carbocycles. The number of amides is 1. The number of phosphoric ester groups is 1. The van der Waals surface area contributed by atoms with Gasteiger partial charge in [-0.05, 0) is 89.5 Å². The third-order valence-electron chi connectivity index (χ3n) is 15.1. The van der Waals surface area contributed by atoms with Crippen molar-refractivity contribution in [2.45, 2.75) is 322 Å². The second-order valence-corrected chi connectivity index (χ2v) is 25.7. The number of phosphoric acid groups is 1. The predicted molar refractivity (Wildman–Crippen MR) is 353 cm³/mol. The summed E-state index contributed by atoms with van der Waals surface area (Å²) in [5, 5.41) is 2.99. The molecule has 0 aliphatic heterocycles. The fraction of sp³-hybridized carbons (Fsp3) is 0.778. The summed E-state index contributed by atoms with van der Waals surface area (Å²) in [5.41, 5.74) is 0. The Kier molecular flexibility index (Phi) is 59.2. The van der Waals surface area contributed by atoms with Crippen molar-refractivity contribution in [1.82, 2.24) is 5.32 Å². The van der Waals surface area contributed by atoms with Gasteiger partial charge in [0.05, 0.1) is 33.8 Å². The van der Waals surface area contributed by atoms with Gasteiger partial charge in [0, 0.05) is 12.8 Å². The number of carbonyl (C=O) groups is 2. The van der Waals surface area contributed by atoms with Crippen LogP contribution in [-0.2, 0) is 27.9 Å². The van der Waals surface area contributed by atoms with E-state index in [4.69, 9.17) is 13.8 Å². The van der Waals surface area contributed by atoms with E-state index >= 15 is 0 Å². The molecule has 0 radical (unpaired) electrons. The summed E-state index contributed by atoms with van der Waals surface area (Å²) in [6, 6.07) is -0.931. The van der Waals surface area contributed by atoms with Gasteiger partial charge in [0.15, 0.2) is 0 Å². The Morgan fingerprint density at radius 2 is 0.793 bits per heavy atom. The second kappa shape index (κ2) is 61.3. The van der Waals surface area contributed by atoms with Gasteiger partial charge in [-0.15, -0.1) is 0 Å². The van der Waals surface area contributed by atoms with Crippen LogP contribution in [0.1, 0.15) is 310 Å². The normalized spacial score (nSPS) is 14.1. The first-order chi connectivity index (χ1) is 39.9. The summed E-state index contributed by atoms with van der Waals surface area (Å²) < 4.78 is 30.3. The van der Waals surface area contributed by atoms with Crippen molar-refractivity contribution in [3.8, 4) is 0 Å². The van der Waals surface area contributed by atoms with E-state index in [1.807, 2.05) is 45.4 Å². The maximum absolute atomic E-state index is 13.5. The zero-order valence-corrected chi connectivity index (χ0v) is 55.3. The first kappa shape index (κ1) is 79.2. The molecule has 9 nitrogen and oxygen atoms in total. The van der Waals surface area contributed by atoms with E-state index in [1.54, 1.807) is 0 Å². The maximum Gasteiger partial charge on any atom is 0.306 e. The summed E-state index contributed by atoms with van der Waals surface area (Å²) in [4.78, 5) is 40.1. The molecule has 3 unspecified atom stereocenters. The molecule has 0 spiro atoms. The summed E-state index contributed by atoms with van der Waals surface area (Å²) >= 11 is 0. The van der Waals surface area contributed by atoms with Crippen LogP contribution in [0.3, 0.4) is 0 Å². The van der Waals surface area contributed by atoms with Crippen LogP contribution in [0, 0.1) is 0 Å². The van der Waals surface area contributed by atoms with Gasteiger partial charge in [-0.2, -0.15) is 0 Å². The Bertz CT molecular complexity index is 1680. The Morgan fingerprint density at radius 1 is 0.439 bits per heavy atom. The third-order valence-corrected chi connectivity index (χ3v) is 16.0. The highest BCUT2D eigenvalue weighted by Crippen LogP contribution is 2.38. The molecule has 0 fully saturated rings. The monoisotopic (exact) mass is 1170 g/mol. The molecular weight excluding hydrogens is 1040 g/mol. The van der Waals surface area contributed by atoms with Gasteiger partial charge in [-0.3, -0.25) is 14.2 Å². The summed E-state index contributed by atoms with van der Waals surface area (Å²) in [5.74, 6) is -0.631. The molecule has 0 aromatic rings. The first-order valence-electron chi connectivity index (χ1n) is 34.4. The summed E-state index contributed by atoms with van der Waals surface area (Å²) in [6.45, 7) is 6.69. The highest BCUT2D eigenvalue weighted by atomic mass is 31.2. The minimum absolute atomic E-state index is 0.0374. The van der Waals surface area contributed by atoms with Gasteiger partial charge in [0.1, 0.15) is 19.3 Å². The van der Waals surface area contributed by atoms with Crippen LogP contribution in [0.25, 0.3) is 0 Å². The smallest absolute Gasteiger partial charge is 0.306 e. The third kappa shape index (κ3) is 61.7. The minimum atomic E-state index is -4.72. The number of unbranched alkanes of at least 4 members (excludes halogenated alkanes) is 34. The fourth-order valence-electron chi connectivity index (χ4n) is 9.80. The second-order valence-electron chi connectivity index (χ2n) is 24.3. The summed E-state index contributed by atoms with van der Waals surface area (Å²) in [6.07, 6.45) is 81.7. The van der Waals surface area contributed by atoms with Gasteiger partial charge in [-0.1, -0.05) is 292 Å². The van der Waals surface area contributed by atoms with Crippen molar-refractivity contribution in [3.05, 3.63) is 85.1 Å². The van der Waals surface area contributed by atoms with Crippen molar-refractivity contribution < 1.29 is 37.3 Å². The maximum atomic E-state index is 13.5. The molecule has 1 N–H and O–H groups in total. The van der Waals surface area contributed by atoms with Crippen molar-refractivity contribution in [3.63, 3.8) is 0 Å². The van der Waals surface area contributed by atoms with Crippen LogP contribution in [0.5, 0.6) is 0 Å². The number of nitrogens with zero attached hydrogens (tertiary/aromatic N) is 1. The van der Waals surface area contributed by atoms with Crippen LogP contribution in [0.15, 0.2) is 85.1 Å². The van der Waals surface area contributed by atoms with Crippen LogP contribution < -0.4 is 10.2 Å². The van der Waals surface area contributed by atoms with Gasteiger partial charge in [-0.25, -0.2) is 0 Å². The quantitative estimate of drug-likeness (QED) is 0.0212. The Labute approximate surface area is 507 Å². The van der Waals surface area contributed by atoms with Crippen LogP contribution >= 0.6 is 7.82 Å². The fourth-order valence-corrected chi connectivity index (χ4v) is 10.5. The lowest BCUT2D eigenvalue weighted by Crippen LogP contribution is -2.47. The van der Waals surface area contributed by atoms with Gasteiger partial charge in [0.25, 0.3) is 7.82 Å². The van der Waals surface area contributed by atoms with Crippen LogP contribution in [-0.4, -0.2) is 69.4 Å². The summed E-state index contributed by atoms with van der Waals surface area (Å²) in [7, 11) is 1.14. The van der Waals surface area contributed by atoms with Gasteiger partial charge < -0.3 is 28.5 Å². The minimum Gasteiger partial charge on any atom is -0.756 e. The number of hydrogen-bond acceptors (Lipinski definition) is 7. The molecule has 0 rings (SSSR count). The molecule has 0 aliphatic rings. The molecule has 0 bridgehead atoms. The van der Waals surface area contributed by atoms with Crippen molar-refractivity contribution in [2.24, 2.45) is 0 Å². The van der Waals surface area contributed by atoms with E-state index < -0.39 is 26.6 Å². The zero-order valence-electron chi connectivity index (χ0n) is 54.4. The molecule has 0 aromatic heterocycles. The highest BCUT2D eigenvalue weighted by molar-refractivity contribution is 7.45. The highest BCUT2D eigenvalue weighted by Gasteiger charge is 2.27. The topological polar surface area (TPSA) is 114 Å². The lowest BCUT2D eigenvalue weighted by atomic mass is 10.0. The van der Waals surface area contributed by atoms with E-state index in [0.717, 1.165) is 70.6 Å². The molecule has 82 heavy (non-hydrogen) atoms. The van der Waals surface area contributed by atoms with E-state index in [0.29, 0.717) is 17.4 Å². The number of allylic oxidation sites excluding steroid dienone is 13. The largest absolute Gasteiger partial charge is 0.756 e. The molecule has 0 aliphatic carbocycles. The molecule has 1 amide bonds. The Morgan fingerprint density at radius 3 is 1.20 bits per heavy atom. The SMILES string of the molecule is CC/C=C/C/C=C/C/C=C/C/C=C/C/C=C/CCC(=O)NC(COP(=O)([O-])OCC[N+](C)(C)C)C(/C=C\CCCCCCCCCCCCC)OC(=O)CCCCCCCCCCCCCCCCCCC/C=C/CCCCCCCC. The number of rotatable bonds is 62. The van der Waals surface area contributed by atoms with Crippen molar-refractivity contribution >= 4 is 19.7 Å². The van der Waals surface area contributed by atoms with Crippen molar-refractivity contribution in [2.75, 3.05) is 40.9 Å². The molecule has 0 saturated carbocycles. The number of likely N-dealkylation sites (N-methyl/N-ethyl adjacent to an activating group) is 1.